The van der Waals surface area contributed by atoms with Crippen molar-refractivity contribution in [2.24, 2.45) is 5.92 Å². The molecule has 2 N–H and O–H groups in total. The Hall–Kier alpha value is 0.0700. The fourth-order valence-electron chi connectivity index (χ4n) is 1.13. The van der Waals surface area contributed by atoms with Crippen LogP contribution in [0.2, 0.25) is 0 Å². The highest BCUT2D eigenvalue weighted by Crippen LogP contribution is 2.00. The molecule has 0 aliphatic heterocycles. The second-order valence-electron chi connectivity index (χ2n) is 3.66. The summed E-state index contributed by atoms with van der Waals surface area (Å²) in [6.07, 6.45) is 0.681. The molecule has 4 heteroatoms. The van der Waals surface area contributed by atoms with E-state index in [0.29, 0.717) is 18.1 Å². The smallest absolute Gasteiger partial charge is 0.0446 e. The van der Waals surface area contributed by atoms with Crippen LogP contribution in [0.25, 0.3) is 0 Å². The third-order valence-corrected chi connectivity index (χ3v) is 3.60. The first kappa shape index (κ1) is 13.1. The maximum absolute atomic E-state index is 11.5. The Morgan fingerprint density at radius 1 is 1.38 bits per heavy atom. The van der Waals surface area contributed by atoms with Gasteiger partial charge in [0.2, 0.25) is 0 Å². The van der Waals surface area contributed by atoms with Crippen molar-refractivity contribution in [3.8, 4) is 0 Å². The molecule has 0 rings (SSSR count). The minimum Gasteiger partial charge on any atom is -0.396 e. The van der Waals surface area contributed by atoms with Gasteiger partial charge in [0, 0.05) is 35.0 Å². The van der Waals surface area contributed by atoms with Crippen LogP contribution in [0.15, 0.2) is 0 Å². The summed E-state index contributed by atoms with van der Waals surface area (Å²) in [4.78, 5) is 0. The van der Waals surface area contributed by atoms with E-state index in [2.05, 4.69) is 19.2 Å². The van der Waals surface area contributed by atoms with Gasteiger partial charge in [0.25, 0.3) is 0 Å². The molecule has 2 unspecified atom stereocenters. The number of hydrogen-bond acceptors (Lipinski definition) is 3. The summed E-state index contributed by atoms with van der Waals surface area (Å²) >= 11 is 0. The monoisotopic (exact) mass is 207 g/mol. The lowest BCUT2D eigenvalue weighted by Crippen LogP contribution is -2.33. The largest absolute Gasteiger partial charge is 0.396 e. The Morgan fingerprint density at radius 3 is 2.38 bits per heavy atom. The molecule has 0 spiro atoms. The molecular formula is C9H21NO2S. The van der Waals surface area contributed by atoms with E-state index in [1.54, 1.807) is 0 Å². The molecular weight excluding hydrogens is 186 g/mol. The average molecular weight is 207 g/mol. The molecule has 0 heterocycles. The van der Waals surface area contributed by atoms with Crippen LogP contribution in [0.5, 0.6) is 0 Å². The normalized spacial score (nSPS) is 16.1. The lowest BCUT2D eigenvalue weighted by atomic mass is 10.2. The van der Waals surface area contributed by atoms with Gasteiger partial charge in [0.15, 0.2) is 0 Å². The van der Waals surface area contributed by atoms with E-state index in [0.717, 1.165) is 5.75 Å². The molecule has 0 amide bonds. The van der Waals surface area contributed by atoms with Gasteiger partial charge in [-0.05, 0) is 19.4 Å². The van der Waals surface area contributed by atoms with E-state index in [1.807, 2.05) is 7.05 Å². The SMILES string of the molecule is CNC(CCO)CS(=O)CC(C)C. The second-order valence-corrected chi connectivity index (χ2v) is 5.21. The Balaban J connectivity index is 3.73. The van der Waals surface area contributed by atoms with Crippen LogP contribution in [-0.2, 0) is 10.8 Å². The highest BCUT2D eigenvalue weighted by atomic mass is 32.2. The maximum Gasteiger partial charge on any atom is 0.0446 e. The van der Waals surface area contributed by atoms with Crippen LogP contribution in [0.3, 0.4) is 0 Å². The summed E-state index contributed by atoms with van der Waals surface area (Å²) in [5.41, 5.74) is 0. The lowest BCUT2D eigenvalue weighted by molar-refractivity contribution is 0.272. The maximum atomic E-state index is 11.5. The first-order chi connectivity index (χ1) is 6.10. The number of aliphatic hydroxyl groups excluding tert-OH is 1. The summed E-state index contributed by atoms with van der Waals surface area (Å²) in [6.45, 7) is 4.29. The molecule has 0 fully saturated rings. The highest BCUT2D eigenvalue weighted by molar-refractivity contribution is 7.85. The molecule has 0 aromatic heterocycles. The van der Waals surface area contributed by atoms with Crippen LogP contribution >= 0.6 is 0 Å². The zero-order chi connectivity index (χ0) is 10.3. The van der Waals surface area contributed by atoms with Gasteiger partial charge in [-0.25, -0.2) is 0 Å². The molecule has 0 aromatic carbocycles. The minimum atomic E-state index is -0.755. The minimum absolute atomic E-state index is 0.157. The van der Waals surface area contributed by atoms with Gasteiger partial charge >= 0.3 is 0 Å². The predicted molar refractivity (Wildman–Crippen MR) is 57.3 cm³/mol. The Morgan fingerprint density at radius 2 is 2.00 bits per heavy atom. The van der Waals surface area contributed by atoms with Crippen LogP contribution in [0, 0.1) is 5.92 Å². The zero-order valence-corrected chi connectivity index (χ0v) is 9.56. The van der Waals surface area contributed by atoms with Crippen molar-refractivity contribution in [1.29, 1.82) is 0 Å². The summed E-state index contributed by atoms with van der Waals surface area (Å²) in [5, 5.41) is 11.8. The summed E-state index contributed by atoms with van der Waals surface area (Å²) in [7, 11) is 1.08. The Bertz CT molecular complexity index is 151. The molecule has 2 atom stereocenters. The van der Waals surface area contributed by atoms with E-state index < -0.39 is 10.8 Å². The standard InChI is InChI=1S/C9H21NO2S/c1-8(2)6-13(12)7-9(10-3)4-5-11/h8-11H,4-7H2,1-3H3. The molecule has 13 heavy (non-hydrogen) atoms. The summed E-state index contributed by atoms with van der Waals surface area (Å²) in [6, 6.07) is 0.185. The van der Waals surface area contributed by atoms with Crippen molar-refractivity contribution in [2.75, 3.05) is 25.2 Å². The molecule has 0 aliphatic carbocycles. The Labute approximate surface area is 83.4 Å². The van der Waals surface area contributed by atoms with E-state index in [9.17, 15) is 4.21 Å². The van der Waals surface area contributed by atoms with Crippen LogP contribution in [0.1, 0.15) is 20.3 Å². The fraction of sp³-hybridized carbons (Fsp3) is 1.00. The molecule has 0 saturated heterocycles. The van der Waals surface area contributed by atoms with Gasteiger partial charge in [-0.2, -0.15) is 0 Å². The molecule has 0 radical (unpaired) electrons. The van der Waals surface area contributed by atoms with Crippen LogP contribution < -0.4 is 5.32 Å². The zero-order valence-electron chi connectivity index (χ0n) is 8.75. The van der Waals surface area contributed by atoms with Crippen molar-refractivity contribution in [3.63, 3.8) is 0 Å². The summed E-state index contributed by atoms with van der Waals surface area (Å²) in [5.74, 6) is 1.88. The third-order valence-electron chi connectivity index (χ3n) is 1.79. The average Bonchev–Trinajstić information content (AvgIpc) is 2.02. The quantitative estimate of drug-likeness (QED) is 0.634. The van der Waals surface area contributed by atoms with E-state index in [1.165, 1.54) is 0 Å². The molecule has 80 valence electrons. The van der Waals surface area contributed by atoms with Crippen molar-refractivity contribution in [1.82, 2.24) is 5.32 Å². The van der Waals surface area contributed by atoms with Crippen molar-refractivity contribution < 1.29 is 9.32 Å². The first-order valence-electron chi connectivity index (χ1n) is 4.73. The van der Waals surface area contributed by atoms with Gasteiger partial charge in [-0.1, -0.05) is 13.8 Å². The molecule has 3 nitrogen and oxygen atoms in total. The number of rotatable bonds is 7. The third kappa shape index (κ3) is 7.16. The summed E-state index contributed by atoms with van der Waals surface area (Å²) < 4.78 is 11.5. The first-order valence-corrected chi connectivity index (χ1v) is 6.22. The van der Waals surface area contributed by atoms with E-state index in [-0.39, 0.29) is 12.6 Å². The van der Waals surface area contributed by atoms with Gasteiger partial charge in [-0.3, -0.25) is 4.21 Å². The second kappa shape index (κ2) is 7.47. The van der Waals surface area contributed by atoms with Crippen molar-refractivity contribution >= 4 is 10.8 Å². The lowest BCUT2D eigenvalue weighted by Gasteiger charge is -2.14. The van der Waals surface area contributed by atoms with Crippen molar-refractivity contribution in [3.05, 3.63) is 0 Å². The number of aliphatic hydroxyl groups is 1. The molecule has 0 aliphatic rings. The van der Waals surface area contributed by atoms with Gasteiger partial charge in [-0.15, -0.1) is 0 Å². The number of hydrogen-bond donors (Lipinski definition) is 2. The van der Waals surface area contributed by atoms with Gasteiger partial charge in [0.1, 0.15) is 0 Å². The highest BCUT2D eigenvalue weighted by Gasteiger charge is 2.10. The van der Waals surface area contributed by atoms with Crippen LogP contribution in [-0.4, -0.2) is 40.5 Å². The Kier molecular flexibility index (Phi) is 7.51. The van der Waals surface area contributed by atoms with Crippen LogP contribution in [0.4, 0.5) is 0 Å². The van der Waals surface area contributed by atoms with Crippen molar-refractivity contribution in [2.45, 2.75) is 26.3 Å². The predicted octanol–water partition coefficient (Wildman–Crippen LogP) is 0.361. The topological polar surface area (TPSA) is 49.3 Å². The number of nitrogens with one attached hydrogen (secondary N) is 1. The fourth-order valence-corrected chi connectivity index (χ4v) is 2.79. The van der Waals surface area contributed by atoms with E-state index in [4.69, 9.17) is 5.11 Å². The molecule has 0 bridgehead atoms. The molecule has 0 saturated carbocycles. The van der Waals surface area contributed by atoms with E-state index >= 15 is 0 Å². The van der Waals surface area contributed by atoms with Gasteiger partial charge < -0.3 is 10.4 Å². The van der Waals surface area contributed by atoms with Gasteiger partial charge in [0.05, 0.1) is 0 Å². The molecule has 0 aromatic rings.